The van der Waals surface area contributed by atoms with E-state index in [0.29, 0.717) is 17.1 Å². The molecule has 3 aromatic rings. The van der Waals surface area contributed by atoms with Gasteiger partial charge < -0.3 is 14.2 Å². The highest BCUT2D eigenvalue weighted by atomic mass is 16.5. The quantitative estimate of drug-likeness (QED) is 0.632. The largest absolute Gasteiger partial charge is 0.365 e. The molecular weight excluding hydrogens is 396 g/mol. The summed E-state index contributed by atoms with van der Waals surface area (Å²) in [5.74, 6) is 0.626. The van der Waals surface area contributed by atoms with Crippen molar-refractivity contribution in [1.29, 1.82) is 0 Å². The third kappa shape index (κ3) is 3.63. The van der Waals surface area contributed by atoms with E-state index in [2.05, 4.69) is 39.2 Å². The summed E-state index contributed by atoms with van der Waals surface area (Å²) in [6, 6.07) is 5.34. The second-order valence-electron chi connectivity index (χ2n) is 9.24. The highest BCUT2D eigenvalue weighted by Crippen LogP contribution is 2.44. The van der Waals surface area contributed by atoms with E-state index in [-0.39, 0.29) is 23.3 Å². The van der Waals surface area contributed by atoms with Gasteiger partial charge in [0.2, 0.25) is 0 Å². The third-order valence-electron chi connectivity index (χ3n) is 6.19. The SMILES string of the molecule is Cc1ccc(-c2noc(C)c2Cn2ncc(N3CC4(CCC(C)(C)O4)C3)cc2=O)nn1. The summed E-state index contributed by atoms with van der Waals surface area (Å²) in [5, 5.41) is 16.8. The number of ether oxygens (including phenoxy) is 1. The van der Waals surface area contributed by atoms with Crippen LogP contribution in [0.15, 0.2) is 33.7 Å². The van der Waals surface area contributed by atoms with Crippen molar-refractivity contribution >= 4 is 5.69 Å². The van der Waals surface area contributed by atoms with Gasteiger partial charge in [0.25, 0.3) is 5.56 Å². The third-order valence-corrected chi connectivity index (χ3v) is 6.19. The van der Waals surface area contributed by atoms with Crippen LogP contribution < -0.4 is 10.5 Å². The number of aryl methyl sites for hydroxylation is 2. The van der Waals surface area contributed by atoms with Crippen molar-refractivity contribution in [3.8, 4) is 11.4 Å². The van der Waals surface area contributed by atoms with Crippen molar-refractivity contribution in [3.63, 3.8) is 0 Å². The fourth-order valence-corrected chi connectivity index (χ4v) is 4.44. The average Bonchev–Trinajstić information content (AvgIpc) is 3.22. The van der Waals surface area contributed by atoms with Gasteiger partial charge in [-0.1, -0.05) is 5.16 Å². The summed E-state index contributed by atoms with van der Waals surface area (Å²) in [5.41, 5.74) is 3.27. The minimum absolute atomic E-state index is 0.0657. The summed E-state index contributed by atoms with van der Waals surface area (Å²) in [6.07, 6.45) is 3.85. The Balaban J connectivity index is 1.34. The number of anilines is 1. The van der Waals surface area contributed by atoms with Crippen molar-refractivity contribution in [2.45, 2.75) is 58.3 Å². The minimum atomic E-state index is -0.173. The lowest BCUT2D eigenvalue weighted by Crippen LogP contribution is -2.62. The van der Waals surface area contributed by atoms with Crippen molar-refractivity contribution in [2.24, 2.45) is 0 Å². The van der Waals surface area contributed by atoms with Crippen LogP contribution in [0.3, 0.4) is 0 Å². The fraction of sp³-hybridized carbons (Fsp3) is 0.500. The topological polar surface area (TPSA) is 99.2 Å². The van der Waals surface area contributed by atoms with Crippen LogP contribution in [0.5, 0.6) is 0 Å². The van der Waals surface area contributed by atoms with Crippen molar-refractivity contribution < 1.29 is 9.26 Å². The van der Waals surface area contributed by atoms with Gasteiger partial charge in [-0.05, 0) is 52.7 Å². The standard InChI is InChI=1S/C22H26N6O3/c1-14-5-6-18(25-24-14)20-17(15(2)30-26-20)11-28-19(29)9-16(10-23-28)27-12-22(13-27)8-7-21(3,4)31-22/h5-6,9-10H,7-8,11-13H2,1-4H3. The van der Waals surface area contributed by atoms with Crippen LogP contribution in [0.25, 0.3) is 11.4 Å². The molecule has 2 aliphatic rings. The number of rotatable bonds is 4. The molecule has 0 atom stereocenters. The molecule has 31 heavy (non-hydrogen) atoms. The highest BCUT2D eigenvalue weighted by molar-refractivity contribution is 5.58. The summed E-state index contributed by atoms with van der Waals surface area (Å²) < 4.78 is 13.0. The molecule has 0 radical (unpaired) electrons. The molecule has 162 valence electrons. The first-order valence-corrected chi connectivity index (χ1v) is 10.5. The van der Waals surface area contributed by atoms with E-state index in [1.165, 1.54) is 4.68 Å². The smallest absolute Gasteiger partial charge is 0.269 e. The second-order valence-corrected chi connectivity index (χ2v) is 9.24. The zero-order valence-corrected chi connectivity index (χ0v) is 18.3. The van der Waals surface area contributed by atoms with E-state index >= 15 is 0 Å². The van der Waals surface area contributed by atoms with Crippen LogP contribution >= 0.6 is 0 Å². The molecule has 9 nitrogen and oxygen atoms in total. The van der Waals surface area contributed by atoms with Gasteiger partial charge in [0.1, 0.15) is 22.7 Å². The van der Waals surface area contributed by atoms with Gasteiger partial charge in [-0.25, -0.2) is 4.68 Å². The van der Waals surface area contributed by atoms with E-state index < -0.39 is 0 Å². The van der Waals surface area contributed by atoms with Gasteiger partial charge in [-0.15, -0.1) is 5.10 Å². The molecule has 3 aromatic heterocycles. The summed E-state index contributed by atoms with van der Waals surface area (Å²) >= 11 is 0. The Bertz CT molecular complexity index is 1170. The molecule has 1 spiro atoms. The maximum Gasteiger partial charge on any atom is 0.269 e. The average molecular weight is 422 g/mol. The van der Waals surface area contributed by atoms with Crippen molar-refractivity contribution in [2.75, 3.05) is 18.0 Å². The Morgan fingerprint density at radius 2 is 1.94 bits per heavy atom. The zero-order chi connectivity index (χ0) is 21.8. The lowest BCUT2D eigenvalue weighted by molar-refractivity contribution is -0.0989. The molecular formula is C22H26N6O3. The number of hydrogen-bond donors (Lipinski definition) is 0. The van der Waals surface area contributed by atoms with Crippen LogP contribution in [0.2, 0.25) is 0 Å². The predicted molar refractivity (Wildman–Crippen MR) is 114 cm³/mol. The van der Waals surface area contributed by atoms with Crippen molar-refractivity contribution in [3.05, 3.63) is 51.8 Å². The van der Waals surface area contributed by atoms with E-state index in [1.54, 1.807) is 12.3 Å². The molecule has 5 rings (SSSR count). The maximum absolute atomic E-state index is 12.8. The molecule has 0 N–H and O–H groups in total. The van der Waals surface area contributed by atoms with Gasteiger partial charge in [0, 0.05) is 24.7 Å². The number of hydrogen-bond acceptors (Lipinski definition) is 8. The monoisotopic (exact) mass is 422 g/mol. The molecule has 0 amide bonds. The molecule has 2 fully saturated rings. The molecule has 0 aromatic carbocycles. The molecule has 0 aliphatic carbocycles. The molecule has 2 saturated heterocycles. The van der Waals surface area contributed by atoms with Gasteiger partial charge in [0.15, 0.2) is 0 Å². The Morgan fingerprint density at radius 1 is 1.13 bits per heavy atom. The Kier molecular flexibility index (Phi) is 4.47. The minimum Gasteiger partial charge on any atom is -0.365 e. The highest BCUT2D eigenvalue weighted by Gasteiger charge is 2.52. The first-order chi connectivity index (χ1) is 14.7. The van der Waals surface area contributed by atoms with Crippen LogP contribution in [0.1, 0.15) is 43.7 Å². The van der Waals surface area contributed by atoms with Crippen LogP contribution in [0.4, 0.5) is 5.69 Å². The predicted octanol–water partition coefficient (Wildman–Crippen LogP) is 2.50. The molecule has 0 bridgehead atoms. The van der Waals surface area contributed by atoms with Crippen LogP contribution in [0, 0.1) is 13.8 Å². The van der Waals surface area contributed by atoms with Gasteiger partial charge in [-0.3, -0.25) is 4.79 Å². The Hall–Kier alpha value is -3.07. The molecule has 0 unspecified atom stereocenters. The van der Waals surface area contributed by atoms with E-state index in [0.717, 1.165) is 42.9 Å². The molecule has 2 aliphatic heterocycles. The van der Waals surface area contributed by atoms with Gasteiger partial charge >= 0.3 is 0 Å². The van der Waals surface area contributed by atoms with Gasteiger partial charge in [0.05, 0.1) is 29.7 Å². The number of aromatic nitrogens is 5. The molecule has 9 heteroatoms. The van der Waals surface area contributed by atoms with Crippen molar-refractivity contribution in [1.82, 2.24) is 25.1 Å². The molecule has 5 heterocycles. The maximum atomic E-state index is 12.8. The molecule has 0 saturated carbocycles. The summed E-state index contributed by atoms with van der Waals surface area (Å²) in [4.78, 5) is 14.9. The lowest BCUT2D eigenvalue weighted by atomic mass is 9.89. The first kappa shape index (κ1) is 19.9. The second kappa shape index (κ2) is 6.98. The first-order valence-electron chi connectivity index (χ1n) is 10.5. The number of nitrogens with zero attached hydrogens (tertiary/aromatic N) is 6. The zero-order valence-electron chi connectivity index (χ0n) is 18.3. The lowest BCUT2D eigenvalue weighted by Gasteiger charge is -2.49. The fourth-order valence-electron chi connectivity index (χ4n) is 4.44. The van der Waals surface area contributed by atoms with E-state index in [4.69, 9.17) is 9.26 Å². The van der Waals surface area contributed by atoms with Crippen LogP contribution in [-0.4, -0.2) is 49.4 Å². The Labute approximate surface area is 180 Å². The summed E-state index contributed by atoms with van der Waals surface area (Å²) in [7, 11) is 0. The van der Waals surface area contributed by atoms with Gasteiger partial charge in [-0.2, -0.15) is 10.2 Å². The van der Waals surface area contributed by atoms with E-state index in [1.807, 2.05) is 26.0 Å². The normalized spacial score (nSPS) is 19.0. The van der Waals surface area contributed by atoms with E-state index in [9.17, 15) is 4.79 Å². The summed E-state index contributed by atoms with van der Waals surface area (Å²) in [6.45, 7) is 9.80. The van der Waals surface area contributed by atoms with Crippen LogP contribution in [-0.2, 0) is 11.3 Å². The Morgan fingerprint density at radius 3 is 2.58 bits per heavy atom.